The second kappa shape index (κ2) is 10.5. The van der Waals surface area contributed by atoms with Crippen LogP contribution >= 0.6 is 35.3 Å². The third kappa shape index (κ3) is 5.86. The summed E-state index contributed by atoms with van der Waals surface area (Å²) < 4.78 is 2.01. The van der Waals surface area contributed by atoms with Gasteiger partial charge in [0.05, 0.1) is 12.2 Å². The Morgan fingerprint density at radius 2 is 2.11 bits per heavy atom. The molecule has 0 spiro atoms. The fourth-order valence-electron chi connectivity index (χ4n) is 2.51. The average molecular weight is 499 g/mol. The van der Waals surface area contributed by atoms with Gasteiger partial charge in [-0.05, 0) is 25.0 Å². The zero-order valence-corrected chi connectivity index (χ0v) is 19.0. The van der Waals surface area contributed by atoms with E-state index in [2.05, 4.69) is 57.0 Å². The molecule has 0 fully saturated rings. The van der Waals surface area contributed by atoms with Gasteiger partial charge in [-0.3, -0.25) is 4.40 Å². The monoisotopic (exact) mass is 499 g/mol. The van der Waals surface area contributed by atoms with Gasteiger partial charge in [-0.15, -0.1) is 45.5 Å². The minimum atomic E-state index is 0. The Balaban J connectivity index is 0.00000261. The fraction of sp³-hybridized carbons (Fsp3) is 0.444. The Labute approximate surface area is 180 Å². The second-order valence-electron chi connectivity index (χ2n) is 6.24. The van der Waals surface area contributed by atoms with Crippen LogP contribution in [0.4, 0.5) is 0 Å². The maximum absolute atomic E-state index is 4.64. The number of hydrogen-bond donors (Lipinski definition) is 2. The first-order valence-electron chi connectivity index (χ1n) is 8.92. The highest BCUT2D eigenvalue weighted by Crippen LogP contribution is 2.18. The molecule has 7 nitrogen and oxygen atoms in total. The minimum Gasteiger partial charge on any atom is -0.357 e. The lowest BCUT2D eigenvalue weighted by atomic mass is 10.2. The van der Waals surface area contributed by atoms with Crippen molar-refractivity contribution < 1.29 is 0 Å². The fourth-order valence-corrected chi connectivity index (χ4v) is 3.38. The molecule has 0 unspecified atom stereocenters. The summed E-state index contributed by atoms with van der Waals surface area (Å²) in [5.41, 5.74) is 2.00. The van der Waals surface area contributed by atoms with Gasteiger partial charge in [-0.25, -0.2) is 9.98 Å². The van der Waals surface area contributed by atoms with Gasteiger partial charge in [0.15, 0.2) is 11.6 Å². The van der Waals surface area contributed by atoms with Crippen molar-refractivity contribution in [3.8, 4) is 0 Å². The molecule has 0 aromatic carbocycles. The molecule has 0 amide bonds. The number of halogens is 1. The Hall–Kier alpha value is -1.75. The minimum absolute atomic E-state index is 0. The third-order valence-corrected chi connectivity index (χ3v) is 4.75. The van der Waals surface area contributed by atoms with Crippen molar-refractivity contribution in [3.05, 3.63) is 46.3 Å². The van der Waals surface area contributed by atoms with E-state index in [9.17, 15) is 0 Å². The topological polar surface area (TPSA) is 79.5 Å². The van der Waals surface area contributed by atoms with E-state index < -0.39 is 0 Å². The highest BCUT2D eigenvalue weighted by molar-refractivity contribution is 14.0. The van der Waals surface area contributed by atoms with Crippen LogP contribution in [0.15, 0.2) is 34.8 Å². The second-order valence-corrected chi connectivity index (χ2v) is 7.18. The maximum Gasteiger partial charge on any atom is 0.191 e. The number of nitrogens with one attached hydrogen (secondary N) is 2. The van der Waals surface area contributed by atoms with Crippen molar-refractivity contribution in [1.29, 1.82) is 0 Å². The lowest BCUT2D eigenvalue weighted by Gasteiger charge is -2.10. The molecule has 3 aromatic heterocycles. The van der Waals surface area contributed by atoms with Crippen LogP contribution in [0.1, 0.15) is 43.2 Å². The van der Waals surface area contributed by atoms with E-state index in [0.717, 1.165) is 47.6 Å². The van der Waals surface area contributed by atoms with Gasteiger partial charge in [0.2, 0.25) is 0 Å². The van der Waals surface area contributed by atoms with Crippen molar-refractivity contribution in [1.82, 2.24) is 30.2 Å². The van der Waals surface area contributed by atoms with E-state index in [0.29, 0.717) is 12.5 Å². The molecule has 0 radical (unpaired) electrons. The number of fused-ring (bicyclic) bond motifs is 1. The standard InChI is InChI=1S/C18H25N7S.HI/c1-4-19-18(21-11-17-22-14(12-26-17)13(2)3)20-9-8-16-24-23-15-7-5-6-10-25(15)16;/h5-7,10,12-13H,4,8-9,11H2,1-3H3,(H2,19,20,21);1H. The summed E-state index contributed by atoms with van der Waals surface area (Å²) in [5.74, 6) is 2.18. The van der Waals surface area contributed by atoms with E-state index >= 15 is 0 Å². The number of hydrogen-bond acceptors (Lipinski definition) is 5. The van der Waals surface area contributed by atoms with Crippen molar-refractivity contribution in [2.24, 2.45) is 4.99 Å². The van der Waals surface area contributed by atoms with E-state index in [-0.39, 0.29) is 24.0 Å². The molecule has 3 rings (SSSR count). The van der Waals surface area contributed by atoms with E-state index in [1.165, 1.54) is 0 Å². The summed E-state index contributed by atoms with van der Waals surface area (Å²) in [6.45, 7) is 8.50. The van der Waals surface area contributed by atoms with Crippen LogP contribution < -0.4 is 10.6 Å². The lowest BCUT2D eigenvalue weighted by Crippen LogP contribution is -2.38. The molecule has 3 heterocycles. The number of rotatable bonds is 7. The molecule has 0 aliphatic rings. The van der Waals surface area contributed by atoms with Crippen molar-refractivity contribution in [2.75, 3.05) is 13.1 Å². The smallest absolute Gasteiger partial charge is 0.191 e. The Morgan fingerprint density at radius 3 is 2.85 bits per heavy atom. The number of nitrogens with zero attached hydrogens (tertiary/aromatic N) is 5. The predicted molar refractivity (Wildman–Crippen MR) is 121 cm³/mol. The Morgan fingerprint density at radius 1 is 1.26 bits per heavy atom. The molecule has 0 aliphatic carbocycles. The number of guanidine groups is 1. The Kier molecular flexibility index (Phi) is 8.42. The van der Waals surface area contributed by atoms with E-state index in [1.807, 2.05) is 28.8 Å². The molecule has 2 N–H and O–H groups in total. The summed E-state index contributed by atoms with van der Waals surface area (Å²) in [7, 11) is 0. The lowest BCUT2D eigenvalue weighted by molar-refractivity contribution is 0.761. The first kappa shape index (κ1) is 21.5. The number of aromatic nitrogens is 4. The molecule has 9 heteroatoms. The average Bonchev–Trinajstić information content (AvgIpc) is 3.27. The molecule has 0 aliphatic heterocycles. The molecule has 3 aromatic rings. The van der Waals surface area contributed by atoms with Crippen LogP contribution in [0.3, 0.4) is 0 Å². The summed E-state index contributed by atoms with van der Waals surface area (Å²) >= 11 is 1.67. The normalized spacial score (nSPS) is 11.6. The largest absolute Gasteiger partial charge is 0.357 e. The summed E-state index contributed by atoms with van der Waals surface area (Å²) in [6, 6.07) is 5.90. The van der Waals surface area contributed by atoms with Gasteiger partial charge in [0, 0.05) is 31.1 Å². The zero-order chi connectivity index (χ0) is 18.4. The number of thiazole rings is 1. The molecular formula is C18H26IN7S. The van der Waals surface area contributed by atoms with Crippen molar-refractivity contribution in [3.63, 3.8) is 0 Å². The van der Waals surface area contributed by atoms with Gasteiger partial charge < -0.3 is 10.6 Å². The predicted octanol–water partition coefficient (Wildman–Crippen LogP) is 3.23. The summed E-state index contributed by atoms with van der Waals surface area (Å²) in [6.07, 6.45) is 2.75. The van der Waals surface area contributed by atoms with Crippen LogP contribution in [-0.2, 0) is 13.0 Å². The highest BCUT2D eigenvalue weighted by Gasteiger charge is 2.07. The zero-order valence-electron chi connectivity index (χ0n) is 15.8. The quantitative estimate of drug-likeness (QED) is 0.297. The van der Waals surface area contributed by atoms with Crippen LogP contribution in [0.2, 0.25) is 0 Å². The first-order valence-corrected chi connectivity index (χ1v) is 9.80. The highest BCUT2D eigenvalue weighted by atomic mass is 127. The molecule has 0 bridgehead atoms. The van der Waals surface area contributed by atoms with Crippen molar-refractivity contribution >= 4 is 46.9 Å². The van der Waals surface area contributed by atoms with Gasteiger partial charge >= 0.3 is 0 Å². The summed E-state index contributed by atoms with van der Waals surface area (Å²) in [4.78, 5) is 9.27. The molecule has 0 atom stereocenters. The van der Waals surface area contributed by atoms with Crippen LogP contribution in [0, 0.1) is 0 Å². The summed E-state index contributed by atoms with van der Waals surface area (Å²) in [5, 5.41) is 18.2. The SMILES string of the molecule is CCNC(=NCc1nc(C(C)C)cs1)NCCc1nnc2ccccn12.I. The molecule has 146 valence electrons. The molecule has 0 saturated carbocycles. The Bertz CT molecular complexity index is 871. The first-order chi connectivity index (χ1) is 12.7. The molecule has 27 heavy (non-hydrogen) atoms. The van der Waals surface area contributed by atoms with E-state index in [4.69, 9.17) is 0 Å². The van der Waals surface area contributed by atoms with Crippen LogP contribution in [-0.4, -0.2) is 38.6 Å². The van der Waals surface area contributed by atoms with Gasteiger partial charge in [-0.1, -0.05) is 19.9 Å². The van der Waals surface area contributed by atoms with Crippen LogP contribution in [0.5, 0.6) is 0 Å². The van der Waals surface area contributed by atoms with E-state index in [1.54, 1.807) is 11.3 Å². The van der Waals surface area contributed by atoms with Gasteiger partial charge in [0.25, 0.3) is 0 Å². The van der Waals surface area contributed by atoms with Gasteiger partial charge in [-0.2, -0.15) is 0 Å². The molecular weight excluding hydrogens is 473 g/mol. The maximum atomic E-state index is 4.64. The third-order valence-electron chi connectivity index (χ3n) is 3.90. The van der Waals surface area contributed by atoms with Crippen molar-refractivity contribution in [2.45, 2.75) is 39.7 Å². The van der Waals surface area contributed by atoms with Gasteiger partial charge in [0.1, 0.15) is 10.8 Å². The molecule has 0 saturated heterocycles. The van der Waals surface area contributed by atoms with Crippen LogP contribution in [0.25, 0.3) is 5.65 Å². The number of pyridine rings is 1. The number of aliphatic imine (C=N–C) groups is 1.